The van der Waals surface area contributed by atoms with E-state index in [1.54, 1.807) is 23.9 Å². The van der Waals surface area contributed by atoms with Crippen molar-refractivity contribution in [3.63, 3.8) is 0 Å². The van der Waals surface area contributed by atoms with Gasteiger partial charge in [0.2, 0.25) is 12.7 Å². The van der Waals surface area contributed by atoms with Crippen molar-refractivity contribution >= 4 is 23.7 Å². The highest BCUT2D eigenvalue weighted by Crippen LogP contribution is 2.34. The summed E-state index contributed by atoms with van der Waals surface area (Å²) in [5, 5.41) is 12.7. The van der Waals surface area contributed by atoms with E-state index >= 15 is 0 Å². The molecule has 1 aliphatic carbocycles. The van der Waals surface area contributed by atoms with Crippen LogP contribution < -0.4 is 14.8 Å². The number of benzene rings is 1. The van der Waals surface area contributed by atoms with Crippen LogP contribution in [0.15, 0.2) is 29.4 Å². The summed E-state index contributed by atoms with van der Waals surface area (Å²) in [4.78, 5) is 12.1. The van der Waals surface area contributed by atoms with Crippen molar-refractivity contribution in [2.24, 2.45) is 0 Å². The zero-order valence-corrected chi connectivity index (χ0v) is 17.4. The molecule has 2 heterocycles. The first-order valence-corrected chi connectivity index (χ1v) is 11.3. The van der Waals surface area contributed by atoms with E-state index in [4.69, 9.17) is 9.47 Å². The number of rotatable bonds is 8. The molecule has 1 saturated carbocycles. The van der Waals surface area contributed by atoms with E-state index in [-0.39, 0.29) is 12.7 Å². The smallest absolute Gasteiger partial charge is 0.243 e. The number of nitrogens with zero attached hydrogens (tertiary/aromatic N) is 3. The largest absolute Gasteiger partial charge is 0.454 e. The molecule has 154 valence electrons. The topological polar surface area (TPSA) is 78.3 Å². The van der Waals surface area contributed by atoms with Crippen molar-refractivity contribution < 1.29 is 14.3 Å². The molecule has 1 amide bonds. The minimum absolute atomic E-state index is 0.107. The number of thioether (sulfide) groups is 1. The van der Waals surface area contributed by atoms with Crippen LogP contribution in [-0.4, -0.2) is 40.3 Å². The van der Waals surface area contributed by atoms with Crippen molar-refractivity contribution in [2.45, 2.75) is 49.7 Å². The Morgan fingerprint density at radius 1 is 1.28 bits per heavy atom. The number of carbonyl (C=O) groups is 1. The molecule has 1 N–H and O–H groups in total. The summed E-state index contributed by atoms with van der Waals surface area (Å²) in [6.45, 7) is 0.854. The van der Waals surface area contributed by atoms with Crippen molar-refractivity contribution in [1.29, 1.82) is 0 Å². The molecular weight excluding hydrogens is 388 g/mol. The van der Waals surface area contributed by atoms with E-state index in [1.807, 2.05) is 24.5 Å². The van der Waals surface area contributed by atoms with E-state index < -0.39 is 0 Å². The van der Waals surface area contributed by atoms with E-state index in [1.165, 1.54) is 25.7 Å². The number of fused-ring (bicyclic) bond motifs is 1. The Kier molecular flexibility index (Phi) is 6.39. The predicted octanol–water partition coefficient (Wildman–Crippen LogP) is 3.61. The molecule has 1 aliphatic heterocycles. The number of aryl methyl sites for hydroxylation is 1. The van der Waals surface area contributed by atoms with Crippen LogP contribution in [0.1, 0.15) is 49.5 Å². The summed E-state index contributed by atoms with van der Waals surface area (Å²) < 4.78 is 13.0. The normalized spacial score (nSPS) is 16.0. The van der Waals surface area contributed by atoms with E-state index in [0.29, 0.717) is 18.3 Å². The van der Waals surface area contributed by atoms with Gasteiger partial charge < -0.3 is 19.4 Å². The number of hydrogen-bond acceptors (Lipinski definition) is 6. The van der Waals surface area contributed by atoms with E-state index in [0.717, 1.165) is 35.1 Å². The predicted molar refractivity (Wildman–Crippen MR) is 112 cm³/mol. The fraction of sp³-hybridized carbons (Fsp3) is 0.476. The lowest BCUT2D eigenvalue weighted by molar-refractivity contribution is -0.116. The molecule has 7 nitrogen and oxygen atoms in total. The number of aromatic nitrogens is 3. The van der Waals surface area contributed by atoms with Crippen LogP contribution in [0.2, 0.25) is 0 Å². The van der Waals surface area contributed by atoms with Crippen LogP contribution in [0.25, 0.3) is 6.08 Å². The monoisotopic (exact) mass is 414 g/mol. The highest BCUT2D eigenvalue weighted by molar-refractivity contribution is 7.98. The van der Waals surface area contributed by atoms with Gasteiger partial charge in [-0.1, -0.05) is 30.7 Å². The van der Waals surface area contributed by atoms with Gasteiger partial charge in [-0.3, -0.25) is 4.79 Å². The number of hydrogen-bond donors (Lipinski definition) is 1. The summed E-state index contributed by atoms with van der Waals surface area (Å²) in [6.07, 6.45) is 12.0. The highest BCUT2D eigenvalue weighted by atomic mass is 32.2. The van der Waals surface area contributed by atoms with Gasteiger partial charge in [0.05, 0.1) is 0 Å². The lowest BCUT2D eigenvalue weighted by Gasteiger charge is -2.16. The van der Waals surface area contributed by atoms with Crippen molar-refractivity contribution in [1.82, 2.24) is 20.1 Å². The fourth-order valence-electron chi connectivity index (χ4n) is 3.85. The van der Waals surface area contributed by atoms with Gasteiger partial charge in [0.25, 0.3) is 0 Å². The second-order valence-electron chi connectivity index (χ2n) is 7.25. The number of ether oxygens (including phenoxy) is 2. The Morgan fingerprint density at radius 3 is 2.93 bits per heavy atom. The summed E-state index contributed by atoms with van der Waals surface area (Å²) in [5.41, 5.74) is 0.902. The minimum Gasteiger partial charge on any atom is -0.454 e. The van der Waals surface area contributed by atoms with E-state index in [2.05, 4.69) is 20.1 Å². The van der Waals surface area contributed by atoms with Gasteiger partial charge in [-0.05, 0) is 49.3 Å². The lowest BCUT2D eigenvalue weighted by Crippen LogP contribution is -2.23. The van der Waals surface area contributed by atoms with Crippen molar-refractivity contribution in [3.8, 4) is 11.5 Å². The maximum absolute atomic E-state index is 12.1. The van der Waals surface area contributed by atoms with E-state index in [9.17, 15) is 4.79 Å². The minimum atomic E-state index is -0.107. The molecule has 0 unspecified atom stereocenters. The number of carbonyl (C=O) groups excluding carboxylic acids is 1. The quantitative estimate of drug-likeness (QED) is 0.404. The molecule has 1 fully saturated rings. The SMILES string of the molecule is CSc1nnc(CCCNC(=O)/C=C/c2ccc3c(c2)OCO3)n1C1CCCC1. The lowest BCUT2D eigenvalue weighted by atomic mass is 10.2. The first-order valence-electron chi connectivity index (χ1n) is 10.1. The molecule has 0 radical (unpaired) electrons. The second-order valence-corrected chi connectivity index (χ2v) is 8.03. The molecule has 0 saturated heterocycles. The van der Waals surface area contributed by atoms with Gasteiger partial charge in [0.15, 0.2) is 16.7 Å². The molecule has 2 aliphatic rings. The third-order valence-corrected chi connectivity index (χ3v) is 5.95. The van der Waals surface area contributed by atoms with Crippen LogP contribution >= 0.6 is 11.8 Å². The number of nitrogens with one attached hydrogen (secondary N) is 1. The molecule has 0 bridgehead atoms. The highest BCUT2D eigenvalue weighted by Gasteiger charge is 2.23. The maximum atomic E-state index is 12.1. The van der Waals surface area contributed by atoms with Crippen LogP contribution in [0.5, 0.6) is 11.5 Å². The van der Waals surface area contributed by atoms with Gasteiger partial charge in [-0.25, -0.2) is 0 Å². The Balaban J connectivity index is 1.25. The summed E-state index contributed by atoms with van der Waals surface area (Å²) in [7, 11) is 0. The van der Waals surface area contributed by atoms with Gasteiger partial charge in [0, 0.05) is 25.1 Å². The molecule has 1 aromatic heterocycles. The summed E-state index contributed by atoms with van der Waals surface area (Å²) in [5.74, 6) is 2.38. The average Bonchev–Trinajstić information content (AvgIpc) is 3.49. The van der Waals surface area contributed by atoms with Crippen molar-refractivity contribution in [3.05, 3.63) is 35.7 Å². The van der Waals surface area contributed by atoms with Gasteiger partial charge >= 0.3 is 0 Å². The van der Waals surface area contributed by atoms with Gasteiger partial charge in [-0.15, -0.1) is 10.2 Å². The number of amides is 1. The summed E-state index contributed by atoms with van der Waals surface area (Å²) in [6, 6.07) is 6.15. The van der Waals surface area contributed by atoms with Crippen LogP contribution in [-0.2, 0) is 11.2 Å². The van der Waals surface area contributed by atoms with Crippen molar-refractivity contribution in [2.75, 3.05) is 19.6 Å². The molecule has 0 atom stereocenters. The molecule has 8 heteroatoms. The Labute approximate surface area is 174 Å². The van der Waals surface area contributed by atoms with Gasteiger partial charge in [-0.2, -0.15) is 0 Å². The third-order valence-electron chi connectivity index (χ3n) is 5.31. The standard InChI is InChI=1S/C21H26N4O3S/c1-29-21-24-23-19(25(21)16-5-2-3-6-16)7-4-12-22-20(26)11-9-15-8-10-17-18(13-15)28-14-27-17/h8-11,13,16H,2-7,12,14H2,1H3,(H,22,26)/b11-9+. The Hall–Kier alpha value is -2.48. The Morgan fingerprint density at radius 2 is 2.10 bits per heavy atom. The molecular formula is C21H26N4O3S. The van der Waals surface area contributed by atoms with Gasteiger partial charge in [0.1, 0.15) is 5.82 Å². The molecule has 2 aromatic rings. The average molecular weight is 415 g/mol. The molecule has 29 heavy (non-hydrogen) atoms. The zero-order valence-electron chi connectivity index (χ0n) is 16.6. The zero-order chi connectivity index (χ0) is 20.1. The van der Waals surface area contributed by atoms with Crippen LogP contribution in [0.3, 0.4) is 0 Å². The molecule has 4 rings (SSSR count). The first-order chi connectivity index (χ1) is 14.2. The second kappa shape index (κ2) is 9.35. The summed E-state index contributed by atoms with van der Waals surface area (Å²) >= 11 is 1.65. The fourth-order valence-corrected chi connectivity index (χ4v) is 4.43. The molecule has 1 aromatic carbocycles. The van der Waals surface area contributed by atoms with Crippen LogP contribution in [0, 0.1) is 0 Å². The maximum Gasteiger partial charge on any atom is 0.243 e. The third kappa shape index (κ3) is 4.75. The molecule has 0 spiro atoms. The Bertz CT molecular complexity index is 890. The first kappa shape index (κ1) is 19.8. The van der Waals surface area contributed by atoms with Crippen LogP contribution in [0.4, 0.5) is 0 Å².